The van der Waals surface area contributed by atoms with Gasteiger partial charge in [-0.2, -0.15) is 4.80 Å². The number of benzene rings is 1. The van der Waals surface area contributed by atoms with Gasteiger partial charge in [0.2, 0.25) is 25.9 Å². The number of hydrogen-bond donors (Lipinski definition) is 1. The van der Waals surface area contributed by atoms with E-state index in [1.807, 2.05) is 6.07 Å². The van der Waals surface area contributed by atoms with Crippen molar-refractivity contribution < 1.29 is 16.8 Å². The first-order chi connectivity index (χ1) is 15.7. The Morgan fingerprint density at radius 2 is 1.73 bits per heavy atom. The highest BCUT2D eigenvalue weighted by atomic mass is 32.2. The smallest absolute Gasteiger partial charge is 0.214 e. The van der Waals surface area contributed by atoms with Crippen molar-refractivity contribution in [3.05, 3.63) is 23.8 Å². The Morgan fingerprint density at radius 1 is 1.03 bits per heavy atom. The molecule has 2 aliphatic rings. The maximum absolute atomic E-state index is 12.4. The summed E-state index contributed by atoms with van der Waals surface area (Å²) in [5.41, 5.74) is 1.72. The van der Waals surface area contributed by atoms with Gasteiger partial charge >= 0.3 is 0 Å². The Bertz CT molecular complexity index is 1180. The number of aromatic nitrogens is 4. The fourth-order valence-corrected chi connectivity index (χ4v) is 6.45. The lowest BCUT2D eigenvalue weighted by molar-refractivity contribution is 0.243. The fraction of sp³-hybridized carbons (Fsp3) is 0.667. The predicted octanol–water partition coefficient (Wildman–Crippen LogP) is 1.97. The largest absolute Gasteiger partial charge is 0.240 e. The lowest BCUT2D eigenvalue weighted by Gasteiger charge is -2.29. The van der Waals surface area contributed by atoms with Gasteiger partial charge in [-0.1, -0.05) is 38.2 Å². The summed E-state index contributed by atoms with van der Waals surface area (Å²) in [6, 6.07) is 5.10. The van der Waals surface area contributed by atoms with E-state index in [1.165, 1.54) is 49.7 Å². The average Bonchev–Trinajstić information content (AvgIpc) is 3.29. The number of tetrazole rings is 1. The first kappa shape index (κ1) is 24.2. The average molecular weight is 497 g/mol. The fourth-order valence-electron chi connectivity index (χ4n) is 4.82. The minimum Gasteiger partial charge on any atom is -0.214 e. The zero-order valence-corrected chi connectivity index (χ0v) is 20.8. The van der Waals surface area contributed by atoms with Crippen LogP contribution in [-0.2, 0) is 26.5 Å². The summed E-state index contributed by atoms with van der Waals surface area (Å²) in [6.07, 6.45) is 9.37. The third-order valence-corrected chi connectivity index (χ3v) is 9.50. The van der Waals surface area contributed by atoms with Gasteiger partial charge in [-0.25, -0.2) is 25.9 Å². The zero-order chi connectivity index (χ0) is 23.6. The summed E-state index contributed by atoms with van der Waals surface area (Å²) in [5, 5.41) is 13.1. The summed E-state index contributed by atoms with van der Waals surface area (Å²) in [6.45, 7) is 0.840. The Labute approximate surface area is 195 Å². The number of rotatable bonds is 7. The number of nitrogens with zero attached hydrogens (tertiary/aromatic N) is 5. The number of sulfonamides is 2. The van der Waals surface area contributed by atoms with E-state index in [2.05, 4.69) is 20.1 Å². The molecule has 0 spiro atoms. The maximum atomic E-state index is 12.4. The molecule has 2 aromatic rings. The third-order valence-electron chi connectivity index (χ3n) is 6.78. The second kappa shape index (κ2) is 9.77. The first-order valence-electron chi connectivity index (χ1n) is 11.5. The van der Waals surface area contributed by atoms with Gasteiger partial charge in [-0.05, 0) is 55.1 Å². The molecule has 12 heteroatoms. The molecule has 4 rings (SSSR count). The van der Waals surface area contributed by atoms with E-state index in [0.717, 1.165) is 12.0 Å². The van der Waals surface area contributed by atoms with Crippen LogP contribution >= 0.6 is 0 Å². The molecule has 2 fully saturated rings. The van der Waals surface area contributed by atoms with E-state index in [0.29, 0.717) is 43.2 Å². The monoisotopic (exact) mass is 496 g/mol. The van der Waals surface area contributed by atoms with Crippen molar-refractivity contribution in [2.24, 2.45) is 5.92 Å². The van der Waals surface area contributed by atoms with Gasteiger partial charge in [0.15, 0.2) is 0 Å². The predicted molar refractivity (Wildman–Crippen MR) is 124 cm³/mol. The molecule has 33 heavy (non-hydrogen) atoms. The van der Waals surface area contributed by atoms with Gasteiger partial charge in [-0.3, -0.25) is 0 Å². The summed E-state index contributed by atoms with van der Waals surface area (Å²) < 4.78 is 52.2. The number of hydrogen-bond acceptors (Lipinski definition) is 7. The molecule has 10 nitrogen and oxygen atoms in total. The Balaban J connectivity index is 1.61. The molecule has 1 aromatic heterocycles. The van der Waals surface area contributed by atoms with E-state index in [4.69, 9.17) is 0 Å². The molecule has 2 heterocycles. The Kier molecular flexibility index (Phi) is 7.18. The van der Waals surface area contributed by atoms with Gasteiger partial charge in [0, 0.05) is 18.7 Å². The van der Waals surface area contributed by atoms with Crippen LogP contribution in [0.4, 0.5) is 0 Å². The molecule has 1 saturated carbocycles. The van der Waals surface area contributed by atoms with Crippen molar-refractivity contribution in [2.75, 3.05) is 26.4 Å². The molecular formula is C21H32N6O4S2. The van der Waals surface area contributed by atoms with Gasteiger partial charge in [0.25, 0.3) is 0 Å². The normalized spacial score (nSPS) is 19.7. The Hall–Kier alpha value is -1.89. The van der Waals surface area contributed by atoms with E-state index in [9.17, 15) is 16.8 Å². The van der Waals surface area contributed by atoms with E-state index < -0.39 is 20.0 Å². The van der Waals surface area contributed by atoms with Crippen molar-refractivity contribution in [1.82, 2.24) is 29.2 Å². The molecule has 1 aliphatic heterocycles. The highest BCUT2D eigenvalue weighted by Crippen LogP contribution is 2.32. The zero-order valence-electron chi connectivity index (χ0n) is 19.1. The van der Waals surface area contributed by atoms with Gasteiger partial charge in [-0.15, -0.1) is 10.2 Å². The quantitative estimate of drug-likeness (QED) is 0.621. The molecular weight excluding hydrogens is 464 g/mol. The molecule has 1 aromatic carbocycles. The maximum Gasteiger partial charge on any atom is 0.240 e. The van der Waals surface area contributed by atoms with Crippen molar-refractivity contribution >= 4 is 20.0 Å². The molecule has 0 atom stereocenters. The second-order valence-electron chi connectivity index (χ2n) is 9.06. The van der Waals surface area contributed by atoms with Gasteiger partial charge in [0.05, 0.1) is 17.2 Å². The van der Waals surface area contributed by atoms with Crippen molar-refractivity contribution in [2.45, 2.75) is 62.3 Å². The standard InChI is InChI=1S/C21H32N6O4S2/c1-22-33(30,31)19-9-8-17(14-16-6-4-3-5-7-16)20(15-19)21-23-25-27(24-21)18-10-12-26(13-11-18)32(2,28)29/h8-9,15-16,18,22H,3-7,10-14H2,1-2H3. The minimum absolute atomic E-state index is 0.0460. The molecule has 182 valence electrons. The van der Waals surface area contributed by atoms with Gasteiger partial charge in [0.1, 0.15) is 0 Å². The van der Waals surface area contributed by atoms with Crippen LogP contribution in [0.15, 0.2) is 23.1 Å². The molecule has 1 aliphatic carbocycles. The van der Waals surface area contributed by atoms with E-state index >= 15 is 0 Å². The van der Waals surface area contributed by atoms with Crippen LogP contribution in [-0.4, -0.2) is 67.7 Å². The topological polar surface area (TPSA) is 127 Å². The summed E-state index contributed by atoms with van der Waals surface area (Å²) in [5.74, 6) is 0.971. The van der Waals surface area contributed by atoms with Gasteiger partial charge < -0.3 is 0 Å². The van der Waals surface area contributed by atoms with Crippen LogP contribution in [0.25, 0.3) is 11.4 Å². The van der Waals surface area contributed by atoms with Crippen LogP contribution < -0.4 is 4.72 Å². The summed E-state index contributed by atoms with van der Waals surface area (Å²) >= 11 is 0. The van der Waals surface area contributed by atoms with Crippen LogP contribution in [0.5, 0.6) is 0 Å². The van der Waals surface area contributed by atoms with Crippen molar-refractivity contribution in [3.8, 4) is 11.4 Å². The Morgan fingerprint density at radius 3 is 2.36 bits per heavy atom. The van der Waals surface area contributed by atoms with Crippen LogP contribution in [0.3, 0.4) is 0 Å². The molecule has 0 amide bonds. The lowest BCUT2D eigenvalue weighted by Crippen LogP contribution is -2.38. The molecule has 1 saturated heterocycles. The van der Waals surface area contributed by atoms with Crippen LogP contribution in [0.1, 0.15) is 56.6 Å². The number of nitrogens with one attached hydrogen (secondary N) is 1. The van der Waals surface area contributed by atoms with Crippen LogP contribution in [0.2, 0.25) is 0 Å². The summed E-state index contributed by atoms with van der Waals surface area (Å²) in [4.78, 5) is 1.73. The van der Waals surface area contributed by atoms with E-state index in [-0.39, 0.29) is 10.9 Å². The lowest BCUT2D eigenvalue weighted by atomic mass is 9.84. The molecule has 0 bridgehead atoms. The summed E-state index contributed by atoms with van der Waals surface area (Å²) in [7, 11) is -5.42. The SMILES string of the molecule is CNS(=O)(=O)c1ccc(CC2CCCCC2)c(-c2nnn(C3CCN(S(C)(=O)=O)CC3)n2)c1. The van der Waals surface area contributed by atoms with Crippen molar-refractivity contribution in [1.29, 1.82) is 0 Å². The molecule has 0 radical (unpaired) electrons. The highest BCUT2D eigenvalue weighted by molar-refractivity contribution is 7.89. The first-order valence-corrected chi connectivity index (χ1v) is 14.8. The molecule has 1 N–H and O–H groups in total. The third kappa shape index (κ3) is 5.61. The second-order valence-corrected chi connectivity index (χ2v) is 12.9. The number of piperidine rings is 1. The minimum atomic E-state index is -3.61. The van der Waals surface area contributed by atoms with Crippen molar-refractivity contribution in [3.63, 3.8) is 0 Å². The van der Waals surface area contributed by atoms with Crippen LogP contribution in [0, 0.1) is 5.92 Å². The highest BCUT2D eigenvalue weighted by Gasteiger charge is 2.28. The van der Waals surface area contributed by atoms with E-state index in [1.54, 1.807) is 16.9 Å². The molecule has 0 unspecified atom stereocenters.